The SMILES string of the molecule is Cc1cccc([C@H]2C3=CC[C@@H]4C(=O)N(c5ccc(N=Nc6ccc(N(C)C)cc6)cc5)C(=O)[C@@H]4[C@@H]3C[C@H]3C(=O)N(c4cc(-c5sc6ccc(Cl)cc6c5C)nn4C)C(=O)[C@@]23C)c1O. The topological polar surface area (TPSA) is 141 Å². The molecule has 0 radical (unpaired) electrons. The zero-order valence-electron chi connectivity index (χ0n) is 35.5. The summed E-state index contributed by atoms with van der Waals surface area (Å²) in [4.78, 5) is 64.7. The highest BCUT2D eigenvalue weighted by molar-refractivity contribution is 7.22. The van der Waals surface area contributed by atoms with Crippen LogP contribution in [0.2, 0.25) is 5.02 Å². The first-order chi connectivity index (χ1) is 30.2. The van der Waals surface area contributed by atoms with Gasteiger partial charge in [-0.1, -0.05) is 41.4 Å². The Morgan fingerprint density at radius 3 is 2.25 bits per heavy atom. The summed E-state index contributed by atoms with van der Waals surface area (Å²) in [6.45, 7) is 5.62. The van der Waals surface area contributed by atoms with Gasteiger partial charge in [0.2, 0.25) is 23.6 Å². The molecule has 6 aromatic rings. The molecule has 1 saturated carbocycles. The summed E-state index contributed by atoms with van der Waals surface area (Å²) in [7, 11) is 5.65. The summed E-state index contributed by atoms with van der Waals surface area (Å²) in [5.74, 6) is -4.71. The molecule has 63 heavy (non-hydrogen) atoms. The maximum Gasteiger partial charge on any atom is 0.242 e. The summed E-state index contributed by atoms with van der Waals surface area (Å²) in [6, 6.07) is 27.5. The number of aryl methyl sites for hydroxylation is 3. The van der Waals surface area contributed by atoms with Crippen molar-refractivity contribution in [2.24, 2.45) is 46.4 Å². The molecule has 1 N–H and O–H groups in total. The summed E-state index contributed by atoms with van der Waals surface area (Å²) >= 11 is 7.91. The van der Waals surface area contributed by atoms with Crippen molar-refractivity contribution in [1.29, 1.82) is 0 Å². The number of halogens is 1. The molecule has 4 heterocycles. The van der Waals surface area contributed by atoms with E-state index in [2.05, 4.69) is 10.2 Å². The molecule has 0 unspecified atom stereocenters. The smallest absolute Gasteiger partial charge is 0.242 e. The summed E-state index contributed by atoms with van der Waals surface area (Å²) in [6.07, 6.45) is 2.44. The van der Waals surface area contributed by atoms with Crippen LogP contribution in [0.1, 0.15) is 42.4 Å². The molecule has 2 aromatic heterocycles. The third-order valence-electron chi connectivity index (χ3n) is 13.8. The molecule has 4 aliphatic rings. The number of carbonyl (C=O) groups is 4. The van der Waals surface area contributed by atoms with Crippen molar-refractivity contribution >= 4 is 85.2 Å². The van der Waals surface area contributed by atoms with Crippen LogP contribution in [0.15, 0.2) is 113 Å². The van der Waals surface area contributed by atoms with Gasteiger partial charge < -0.3 is 10.0 Å². The van der Waals surface area contributed by atoms with Gasteiger partial charge in [-0.3, -0.25) is 28.8 Å². The Hall–Kier alpha value is -6.44. The second-order valence-electron chi connectivity index (χ2n) is 17.5. The van der Waals surface area contributed by atoms with E-state index in [0.29, 0.717) is 44.7 Å². The molecule has 6 atom stereocenters. The molecule has 4 amide bonds. The Balaban J connectivity index is 0.993. The molecule has 4 aromatic carbocycles. The average Bonchev–Trinajstić information content (AvgIpc) is 3.94. The van der Waals surface area contributed by atoms with Gasteiger partial charge in [-0.05, 0) is 123 Å². The number of imide groups is 2. The molecular weight excluding hydrogens is 834 g/mol. The zero-order chi connectivity index (χ0) is 44.2. The summed E-state index contributed by atoms with van der Waals surface area (Å²) < 4.78 is 2.61. The lowest BCUT2D eigenvalue weighted by Gasteiger charge is -2.49. The predicted octanol–water partition coefficient (Wildman–Crippen LogP) is 10.2. The van der Waals surface area contributed by atoms with Crippen molar-refractivity contribution in [2.75, 3.05) is 28.8 Å². The first kappa shape index (κ1) is 40.6. The fourth-order valence-corrected chi connectivity index (χ4v) is 11.9. The van der Waals surface area contributed by atoms with E-state index in [1.54, 1.807) is 72.5 Å². The number of azo groups is 1. The van der Waals surface area contributed by atoms with Gasteiger partial charge in [0.05, 0.1) is 45.1 Å². The van der Waals surface area contributed by atoms with Crippen LogP contribution in [-0.2, 0) is 26.2 Å². The van der Waals surface area contributed by atoms with Crippen LogP contribution >= 0.6 is 22.9 Å². The van der Waals surface area contributed by atoms with Crippen molar-refractivity contribution in [3.8, 4) is 16.3 Å². The van der Waals surface area contributed by atoms with Gasteiger partial charge in [-0.2, -0.15) is 15.3 Å². The molecule has 2 aliphatic carbocycles. The second kappa shape index (κ2) is 14.8. The average molecular weight is 878 g/mol. The number of fused-ring (bicyclic) bond motifs is 5. The number of amides is 4. The Bertz CT molecular complexity index is 2990. The molecule has 2 aliphatic heterocycles. The minimum Gasteiger partial charge on any atom is -0.507 e. The molecule has 0 bridgehead atoms. The Morgan fingerprint density at radius 1 is 0.857 bits per heavy atom. The number of para-hydroxylation sites is 1. The van der Waals surface area contributed by atoms with Gasteiger partial charge in [0.25, 0.3) is 0 Å². The van der Waals surface area contributed by atoms with E-state index in [0.717, 1.165) is 31.8 Å². The Labute approximate surface area is 373 Å². The fourth-order valence-electron chi connectivity index (χ4n) is 10.6. The number of anilines is 3. The highest BCUT2D eigenvalue weighted by Gasteiger charge is 2.68. The van der Waals surface area contributed by atoms with Crippen LogP contribution in [0.25, 0.3) is 20.7 Å². The van der Waals surface area contributed by atoms with E-state index in [4.69, 9.17) is 16.7 Å². The molecule has 10 rings (SSSR count). The van der Waals surface area contributed by atoms with E-state index in [9.17, 15) is 14.7 Å². The normalized spacial score (nSPS) is 24.4. The van der Waals surface area contributed by atoms with Gasteiger partial charge in [-0.25, -0.2) is 4.90 Å². The van der Waals surface area contributed by atoms with Crippen LogP contribution < -0.4 is 14.7 Å². The standard InChI is InChI=1S/C49H44ClN7O5S/c1-25-8-7-9-34(43(25)58)42-32-19-20-33-41(47(61)56(45(33)59)31-17-13-29(14-18-31)52-51-28-11-15-30(16-12-28)54(4)5)36(32)23-37-46(60)57(48(62)49(37,42)3)40-24-38(53-55(40)6)44-26(2)35-22-27(50)10-21-39(35)63-44/h7-19,21-22,24,33,36-37,41-42,58H,20,23H2,1-6H3/t33-,36+,37-,41-,42+,49+/m0/s1. The molecule has 0 spiro atoms. The first-order valence-corrected chi connectivity index (χ1v) is 22.1. The van der Waals surface area contributed by atoms with Crippen molar-refractivity contribution < 1.29 is 24.3 Å². The monoisotopic (exact) mass is 877 g/mol. The summed E-state index contributed by atoms with van der Waals surface area (Å²) in [5.41, 5.74) is 4.92. The minimum absolute atomic E-state index is 0.0336. The third-order valence-corrected chi connectivity index (χ3v) is 15.4. The highest BCUT2D eigenvalue weighted by Crippen LogP contribution is 2.64. The maximum absolute atomic E-state index is 15.2. The van der Waals surface area contributed by atoms with Crippen LogP contribution in [0.3, 0.4) is 0 Å². The predicted molar refractivity (Wildman–Crippen MR) is 245 cm³/mol. The van der Waals surface area contributed by atoms with E-state index in [1.807, 2.05) is 87.4 Å². The molecular formula is C49H44ClN7O5S. The van der Waals surface area contributed by atoms with Crippen LogP contribution in [0, 0.1) is 42.9 Å². The number of aromatic nitrogens is 2. The fraction of sp³-hybridized carbons (Fsp3) is 0.286. The number of thiophene rings is 1. The molecule has 2 saturated heterocycles. The number of nitrogens with zero attached hydrogens (tertiary/aromatic N) is 7. The van der Waals surface area contributed by atoms with Gasteiger partial charge in [0.1, 0.15) is 17.3 Å². The summed E-state index contributed by atoms with van der Waals surface area (Å²) in [5, 5.41) is 26.9. The highest BCUT2D eigenvalue weighted by atomic mass is 35.5. The Morgan fingerprint density at radius 2 is 1.56 bits per heavy atom. The quantitative estimate of drug-likeness (QED) is 0.0956. The lowest BCUT2D eigenvalue weighted by atomic mass is 9.51. The van der Waals surface area contributed by atoms with E-state index < -0.39 is 46.8 Å². The van der Waals surface area contributed by atoms with Crippen LogP contribution in [-0.4, -0.2) is 52.6 Å². The van der Waals surface area contributed by atoms with Crippen LogP contribution in [0.4, 0.5) is 28.6 Å². The lowest BCUT2D eigenvalue weighted by molar-refractivity contribution is -0.131. The number of benzene rings is 4. The van der Waals surface area contributed by atoms with Crippen molar-refractivity contribution in [3.05, 3.63) is 124 Å². The van der Waals surface area contributed by atoms with Gasteiger partial charge in [0, 0.05) is 54.1 Å². The minimum atomic E-state index is -1.34. The number of hydrogen-bond acceptors (Lipinski definition) is 10. The number of carbonyl (C=O) groups excluding carboxylic acids is 4. The molecule has 14 heteroatoms. The lowest BCUT2D eigenvalue weighted by Crippen LogP contribution is -2.49. The van der Waals surface area contributed by atoms with E-state index in [-0.39, 0.29) is 30.4 Å². The number of phenols is 1. The number of rotatable bonds is 7. The van der Waals surface area contributed by atoms with Crippen molar-refractivity contribution in [2.45, 2.75) is 39.5 Å². The molecule has 3 fully saturated rings. The van der Waals surface area contributed by atoms with Crippen molar-refractivity contribution in [3.63, 3.8) is 0 Å². The number of allylic oxidation sites excluding steroid dienone is 2. The number of phenolic OH excluding ortho intramolecular Hbond substituents is 1. The zero-order valence-corrected chi connectivity index (χ0v) is 37.1. The van der Waals surface area contributed by atoms with Crippen LogP contribution in [0.5, 0.6) is 5.75 Å². The second-order valence-corrected chi connectivity index (χ2v) is 19.0. The van der Waals surface area contributed by atoms with E-state index in [1.165, 1.54) is 9.80 Å². The largest absolute Gasteiger partial charge is 0.507 e. The maximum atomic E-state index is 15.2. The first-order valence-electron chi connectivity index (χ1n) is 20.9. The molecule has 318 valence electrons. The number of hydrogen-bond donors (Lipinski definition) is 1. The van der Waals surface area contributed by atoms with E-state index >= 15 is 9.59 Å². The molecule has 12 nitrogen and oxygen atoms in total. The Kier molecular flexibility index (Phi) is 9.57. The number of aromatic hydroxyl groups is 1. The van der Waals surface area contributed by atoms with Crippen molar-refractivity contribution in [1.82, 2.24) is 9.78 Å². The third kappa shape index (κ3) is 6.18. The van der Waals surface area contributed by atoms with Gasteiger partial charge >= 0.3 is 0 Å². The van der Waals surface area contributed by atoms with Gasteiger partial charge in [0.15, 0.2) is 0 Å². The van der Waals surface area contributed by atoms with Gasteiger partial charge in [-0.15, -0.1) is 11.3 Å².